The van der Waals surface area contributed by atoms with Gasteiger partial charge in [-0.25, -0.2) is 0 Å². The van der Waals surface area contributed by atoms with Crippen LogP contribution in [0.3, 0.4) is 0 Å². The van der Waals surface area contributed by atoms with E-state index in [2.05, 4.69) is 17.2 Å². The van der Waals surface area contributed by atoms with Crippen molar-refractivity contribution in [3.8, 4) is 11.8 Å². The summed E-state index contributed by atoms with van der Waals surface area (Å²) in [6.07, 6.45) is 0.392. The van der Waals surface area contributed by atoms with E-state index in [4.69, 9.17) is 0 Å². The fourth-order valence-electron chi connectivity index (χ4n) is 0.824. The summed E-state index contributed by atoms with van der Waals surface area (Å²) < 4.78 is 0. The van der Waals surface area contributed by atoms with Gasteiger partial charge in [-0.1, -0.05) is 19.8 Å². The molecule has 0 aliphatic carbocycles. The Morgan fingerprint density at radius 1 is 1.58 bits per heavy atom. The summed E-state index contributed by atoms with van der Waals surface area (Å²) in [5.41, 5.74) is 0. The maximum atomic E-state index is 11.3. The molecular formula is C10H17NO. The molecule has 12 heavy (non-hydrogen) atoms. The van der Waals surface area contributed by atoms with Crippen LogP contribution >= 0.6 is 0 Å². The van der Waals surface area contributed by atoms with Gasteiger partial charge in [-0.15, -0.1) is 5.92 Å². The van der Waals surface area contributed by atoms with Crippen LogP contribution in [0.15, 0.2) is 0 Å². The van der Waals surface area contributed by atoms with E-state index in [0.29, 0.717) is 6.42 Å². The average molecular weight is 167 g/mol. The largest absolute Gasteiger partial charge is 0.316 e. The van der Waals surface area contributed by atoms with E-state index in [1.807, 2.05) is 13.8 Å². The summed E-state index contributed by atoms with van der Waals surface area (Å²) in [7, 11) is 0. The number of hydrogen-bond donors (Lipinski definition) is 1. The number of Topliss-reactive ketones (excluding diaryl/α,β-unsaturated/α-hetero) is 1. The quantitative estimate of drug-likeness (QED) is 0.624. The van der Waals surface area contributed by atoms with Crippen LogP contribution in [0.1, 0.15) is 27.2 Å². The molecule has 0 radical (unpaired) electrons. The summed E-state index contributed by atoms with van der Waals surface area (Å²) in [6, 6.07) is 0. The number of hydrogen-bond acceptors (Lipinski definition) is 2. The molecule has 0 spiro atoms. The molecule has 1 atom stereocenters. The van der Waals surface area contributed by atoms with Gasteiger partial charge in [0.1, 0.15) is 5.78 Å². The highest BCUT2D eigenvalue weighted by molar-refractivity contribution is 5.83. The van der Waals surface area contributed by atoms with Gasteiger partial charge in [0.15, 0.2) is 0 Å². The van der Waals surface area contributed by atoms with Crippen molar-refractivity contribution in [1.82, 2.24) is 5.32 Å². The third-order valence-electron chi connectivity index (χ3n) is 1.69. The predicted molar refractivity (Wildman–Crippen MR) is 50.8 cm³/mol. The Kier molecular flexibility index (Phi) is 6.41. The molecule has 1 unspecified atom stereocenters. The molecule has 0 aliphatic rings. The lowest BCUT2D eigenvalue weighted by Crippen LogP contribution is -2.25. The molecule has 0 aromatic rings. The van der Waals surface area contributed by atoms with Crippen LogP contribution in [-0.4, -0.2) is 18.9 Å². The molecule has 0 rings (SSSR count). The van der Waals surface area contributed by atoms with Crippen molar-refractivity contribution in [3.05, 3.63) is 0 Å². The van der Waals surface area contributed by atoms with Gasteiger partial charge in [0.25, 0.3) is 0 Å². The van der Waals surface area contributed by atoms with E-state index < -0.39 is 0 Å². The topological polar surface area (TPSA) is 29.1 Å². The maximum absolute atomic E-state index is 11.3. The zero-order valence-electron chi connectivity index (χ0n) is 8.11. The Hall–Kier alpha value is -0.810. The van der Waals surface area contributed by atoms with Crippen LogP contribution in [0.5, 0.6) is 0 Å². The fraction of sp³-hybridized carbons (Fsp3) is 0.700. The predicted octanol–water partition coefficient (Wildman–Crippen LogP) is 1.21. The lowest BCUT2D eigenvalue weighted by atomic mass is 10.0. The van der Waals surface area contributed by atoms with Crippen LogP contribution in [-0.2, 0) is 4.79 Å². The smallest absolute Gasteiger partial charge is 0.148 e. The van der Waals surface area contributed by atoms with Crippen LogP contribution in [0, 0.1) is 17.8 Å². The molecule has 0 aliphatic heterocycles. The van der Waals surface area contributed by atoms with Crippen molar-refractivity contribution in [2.75, 3.05) is 13.1 Å². The summed E-state index contributed by atoms with van der Waals surface area (Å²) in [5.74, 6) is 5.81. The standard InChI is InChI=1S/C10H17NO/c1-4-6-7-10(12)9(3)8-11-5-2/h9,11H,5,7-8H2,1-3H3. The van der Waals surface area contributed by atoms with Gasteiger partial charge in [-0.3, -0.25) is 4.79 Å². The van der Waals surface area contributed by atoms with E-state index in [-0.39, 0.29) is 11.7 Å². The van der Waals surface area contributed by atoms with Crippen LogP contribution in [0.4, 0.5) is 0 Å². The molecule has 0 amide bonds. The van der Waals surface area contributed by atoms with Crippen molar-refractivity contribution in [2.45, 2.75) is 27.2 Å². The monoisotopic (exact) mass is 167 g/mol. The zero-order chi connectivity index (χ0) is 9.40. The molecule has 0 aromatic carbocycles. The van der Waals surface area contributed by atoms with E-state index in [9.17, 15) is 4.79 Å². The van der Waals surface area contributed by atoms with Gasteiger partial charge in [-0.2, -0.15) is 0 Å². The van der Waals surface area contributed by atoms with Gasteiger partial charge >= 0.3 is 0 Å². The molecule has 0 aromatic heterocycles. The molecule has 0 bridgehead atoms. The second-order valence-corrected chi connectivity index (χ2v) is 2.78. The first-order valence-corrected chi connectivity index (χ1v) is 4.35. The van der Waals surface area contributed by atoms with Crippen molar-refractivity contribution >= 4 is 5.78 Å². The highest BCUT2D eigenvalue weighted by Gasteiger charge is 2.09. The molecular weight excluding hydrogens is 150 g/mol. The van der Waals surface area contributed by atoms with Crippen LogP contribution in [0.25, 0.3) is 0 Å². The number of carbonyl (C=O) groups is 1. The molecule has 0 saturated carbocycles. The molecule has 1 N–H and O–H groups in total. The third-order valence-corrected chi connectivity index (χ3v) is 1.69. The summed E-state index contributed by atoms with van der Waals surface area (Å²) in [6.45, 7) is 7.39. The molecule has 0 saturated heterocycles. The molecule has 0 heterocycles. The minimum absolute atomic E-state index is 0.0887. The summed E-state index contributed by atoms with van der Waals surface area (Å²) in [5, 5.41) is 3.14. The van der Waals surface area contributed by atoms with E-state index >= 15 is 0 Å². The number of ketones is 1. The van der Waals surface area contributed by atoms with Crippen molar-refractivity contribution in [2.24, 2.45) is 5.92 Å². The highest BCUT2D eigenvalue weighted by atomic mass is 16.1. The van der Waals surface area contributed by atoms with Gasteiger partial charge in [0, 0.05) is 12.5 Å². The fourth-order valence-corrected chi connectivity index (χ4v) is 0.824. The number of carbonyl (C=O) groups excluding carboxylic acids is 1. The lowest BCUT2D eigenvalue weighted by molar-refractivity contribution is -0.121. The Labute approximate surface area is 74.7 Å². The molecule has 0 fully saturated rings. The van der Waals surface area contributed by atoms with Crippen LogP contribution in [0.2, 0.25) is 0 Å². The lowest BCUT2D eigenvalue weighted by Gasteiger charge is -2.07. The van der Waals surface area contributed by atoms with E-state index in [0.717, 1.165) is 13.1 Å². The Morgan fingerprint density at radius 3 is 2.75 bits per heavy atom. The van der Waals surface area contributed by atoms with Gasteiger partial charge in [0.05, 0.1) is 6.42 Å². The minimum Gasteiger partial charge on any atom is -0.316 e. The summed E-state index contributed by atoms with van der Waals surface area (Å²) in [4.78, 5) is 11.3. The first-order chi connectivity index (χ1) is 5.72. The minimum atomic E-state index is 0.0887. The Bertz CT molecular complexity index is 188. The normalized spacial score (nSPS) is 11.6. The Morgan fingerprint density at radius 2 is 2.25 bits per heavy atom. The maximum Gasteiger partial charge on any atom is 0.148 e. The van der Waals surface area contributed by atoms with Crippen molar-refractivity contribution in [3.63, 3.8) is 0 Å². The van der Waals surface area contributed by atoms with E-state index in [1.165, 1.54) is 0 Å². The summed E-state index contributed by atoms with van der Waals surface area (Å²) >= 11 is 0. The van der Waals surface area contributed by atoms with E-state index in [1.54, 1.807) is 6.92 Å². The molecule has 68 valence electrons. The highest BCUT2D eigenvalue weighted by Crippen LogP contribution is 1.97. The average Bonchev–Trinajstić information content (AvgIpc) is 2.10. The first kappa shape index (κ1) is 11.2. The number of nitrogens with one attached hydrogen (secondary N) is 1. The molecule has 2 heteroatoms. The van der Waals surface area contributed by atoms with Crippen molar-refractivity contribution in [1.29, 1.82) is 0 Å². The second-order valence-electron chi connectivity index (χ2n) is 2.78. The van der Waals surface area contributed by atoms with Gasteiger partial charge in [-0.05, 0) is 13.5 Å². The SMILES string of the molecule is CC#CCC(=O)C(C)CNCC. The number of rotatable bonds is 5. The van der Waals surface area contributed by atoms with Gasteiger partial charge in [0.2, 0.25) is 0 Å². The third kappa shape index (κ3) is 4.92. The first-order valence-electron chi connectivity index (χ1n) is 4.35. The van der Waals surface area contributed by atoms with Gasteiger partial charge < -0.3 is 5.32 Å². The van der Waals surface area contributed by atoms with Crippen molar-refractivity contribution < 1.29 is 4.79 Å². The Balaban J connectivity index is 3.66. The van der Waals surface area contributed by atoms with Crippen LogP contribution < -0.4 is 5.32 Å². The second kappa shape index (κ2) is 6.87. The zero-order valence-corrected chi connectivity index (χ0v) is 8.11. The molecule has 2 nitrogen and oxygen atoms in total.